The van der Waals surface area contributed by atoms with Crippen LogP contribution in [0.25, 0.3) is 5.76 Å². The van der Waals surface area contributed by atoms with Gasteiger partial charge in [-0.05, 0) is 53.9 Å². The van der Waals surface area contributed by atoms with Crippen LogP contribution in [0.15, 0.2) is 107 Å². The van der Waals surface area contributed by atoms with Gasteiger partial charge in [-0.15, -0.1) is 10.2 Å². The van der Waals surface area contributed by atoms with Crippen LogP contribution >= 0.6 is 34.7 Å². The highest BCUT2D eigenvalue weighted by atomic mass is 35.5. The quantitative estimate of drug-likeness (QED) is 0.0296. The van der Waals surface area contributed by atoms with Gasteiger partial charge >= 0.3 is 5.91 Å². The molecule has 1 fully saturated rings. The summed E-state index contributed by atoms with van der Waals surface area (Å²) in [4.78, 5) is 39.4. The van der Waals surface area contributed by atoms with Gasteiger partial charge in [-0.2, -0.15) is 0 Å². The lowest BCUT2D eigenvalue weighted by molar-refractivity contribution is -0.384. The monoisotopic (exact) mass is 684 g/mol. The summed E-state index contributed by atoms with van der Waals surface area (Å²) in [5.74, 6) is -1.31. The van der Waals surface area contributed by atoms with E-state index in [-0.39, 0.29) is 27.5 Å². The van der Waals surface area contributed by atoms with E-state index in [1.165, 1.54) is 30.0 Å². The summed E-state index contributed by atoms with van der Waals surface area (Å²) in [6.07, 6.45) is 0. The maximum atomic E-state index is 13.6. The maximum absolute atomic E-state index is 13.6. The number of carbonyl (C=O) groups is 2. The molecule has 2 heterocycles. The third kappa shape index (κ3) is 6.89. The summed E-state index contributed by atoms with van der Waals surface area (Å²) in [6.45, 7) is 2.34. The number of nitrogens with zero attached hydrogens (tertiary/aromatic N) is 4. The number of halogens is 1. The van der Waals surface area contributed by atoms with E-state index in [1.54, 1.807) is 36.4 Å². The Hall–Kier alpha value is -5.04. The number of benzene rings is 4. The Bertz CT molecular complexity index is 2030. The highest BCUT2D eigenvalue weighted by Crippen LogP contribution is 2.44. The predicted molar refractivity (Wildman–Crippen MR) is 181 cm³/mol. The van der Waals surface area contributed by atoms with Crippen molar-refractivity contribution in [2.45, 2.75) is 29.7 Å². The molecule has 10 nitrogen and oxygen atoms in total. The molecule has 1 N–H and O–H groups in total. The summed E-state index contributed by atoms with van der Waals surface area (Å²) in [7, 11) is 0. The first-order valence-electron chi connectivity index (χ1n) is 14.2. The number of aliphatic hydroxyl groups excluding tert-OH is 1. The fraction of sp³-hybridized carbons (Fsp3) is 0.118. The smallest absolute Gasteiger partial charge is 0.301 e. The zero-order valence-electron chi connectivity index (χ0n) is 24.7. The third-order valence-electron chi connectivity index (χ3n) is 7.37. The van der Waals surface area contributed by atoms with Gasteiger partial charge in [0.25, 0.3) is 11.5 Å². The van der Waals surface area contributed by atoms with Crippen molar-refractivity contribution >= 4 is 63.0 Å². The molecule has 1 aromatic heterocycles. The van der Waals surface area contributed by atoms with Crippen molar-refractivity contribution in [2.75, 3.05) is 4.90 Å². The molecule has 1 unspecified atom stereocenters. The van der Waals surface area contributed by atoms with Crippen LogP contribution in [0.3, 0.4) is 0 Å². The molecule has 6 rings (SSSR count). The number of non-ortho nitro benzene ring substituents is 1. The second-order valence-corrected chi connectivity index (χ2v) is 13.1. The number of hydrogen-bond donors (Lipinski definition) is 1. The number of thioether (sulfide) groups is 1. The van der Waals surface area contributed by atoms with Crippen molar-refractivity contribution in [2.24, 2.45) is 0 Å². The fourth-order valence-corrected chi connectivity index (χ4v) is 7.25. The van der Waals surface area contributed by atoms with Gasteiger partial charge in [0.15, 0.2) is 4.34 Å². The van der Waals surface area contributed by atoms with E-state index in [1.807, 2.05) is 49.4 Å². The van der Waals surface area contributed by atoms with Crippen LogP contribution in [0.2, 0.25) is 5.02 Å². The Morgan fingerprint density at radius 1 is 1.02 bits per heavy atom. The molecule has 236 valence electrons. The van der Waals surface area contributed by atoms with Gasteiger partial charge in [0, 0.05) is 28.5 Å². The summed E-state index contributed by atoms with van der Waals surface area (Å²) < 4.78 is 6.40. The number of aryl methyl sites for hydroxylation is 1. The first-order chi connectivity index (χ1) is 22.7. The van der Waals surface area contributed by atoms with Gasteiger partial charge < -0.3 is 9.84 Å². The Morgan fingerprint density at radius 3 is 2.53 bits per heavy atom. The van der Waals surface area contributed by atoms with Crippen LogP contribution in [-0.4, -0.2) is 31.9 Å². The molecule has 1 aliphatic heterocycles. The van der Waals surface area contributed by atoms with Crippen LogP contribution in [-0.2, 0) is 21.9 Å². The number of anilines is 1. The van der Waals surface area contributed by atoms with Gasteiger partial charge in [-0.1, -0.05) is 94.9 Å². The molecular weight excluding hydrogens is 660 g/mol. The minimum atomic E-state index is -1.21. The number of Topliss-reactive ketones (excluding diaryl/α,β-unsaturated/α-hetero) is 1. The van der Waals surface area contributed by atoms with E-state index in [0.29, 0.717) is 27.5 Å². The maximum Gasteiger partial charge on any atom is 0.301 e. The van der Waals surface area contributed by atoms with E-state index < -0.39 is 28.4 Å². The number of amides is 1. The topological polar surface area (TPSA) is 136 Å². The summed E-state index contributed by atoms with van der Waals surface area (Å²) >= 11 is 8.73. The molecule has 0 spiro atoms. The van der Waals surface area contributed by atoms with E-state index in [9.17, 15) is 24.8 Å². The fourth-order valence-electron chi connectivity index (χ4n) is 5.10. The zero-order chi connectivity index (χ0) is 33.1. The molecule has 1 saturated heterocycles. The molecular formula is C34H25ClN4O6S2. The van der Waals surface area contributed by atoms with Crippen molar-refractivity contribution in [1.82, 2.24) is 10.2 Å². The van der Waals surface area contributed by atoms with Crippen molar-refractivity contribution in [3.8, 4) is 5.75 Å². The molecule has 5 aromatic rings. The standard InChI is InChI=1S/C34H25ClN4O6S2/c1-20-6-4-7-21(16-20)18-45-26-14-12-22(13-15-26)30(40)28-29(23-9-5-10-25(17-23)39(43)44)38(32(42)31(28)41)33-36-37-34(47-33)46-19-24-8-2-3-11-27(24)35/h2-17,29,40H,18-19H2,1H3. The number of nitro groups is 1. The number of carbonyl (C=O) groups excluding carboxylic acids is 2. The molecule has 1 aliphatic rings. The van der Waals surface area contributed by atoms with E-state index in [4.69, 9.17) is 16.3 Å². The van der Waals surface area contributed by atoms with Crippen molar-refractivity contribution in [1.29, 1.82) is 0 Å². The Morgan fingerprint density at radius 2 is 1.79 bits per heavy atom. The Kier molecular flexibility index (Phi) is 9.34. The van der Waals surface area contributed by atoms with Crippen molar-refractivity contribution in [3.63, 3.8) is 0 Å². The summed E-state index contributed by atoms with van der Waals surface area (Å²) in [5.41, 5.74) is 3.03. The SMILES string of the molecule is Cc1cccc(COc2ccc(C(O)=C3C(=O)C(=O)N(c4nnc(SCc5ccccc5Cl)s4)C3c3cccc([N+](=O)[O-])c3)cc2)c1. The first-order valence-corrected chi connectivity index (χ1v) is 16.4. The number of rotatable bonds is 10. The number of aliphatic hydroxyl groups is 1. The molecule has 0 saturated carbocycles. The van der Waals surface area contributed by atoms with Crippen molar-refractivity contribution < 1.29 is 24.4 Å². The summed E-state index contributed by atoms with van der Waals surface area (Å²) in [6, 6.07) is 26.1. The molecule has 47 heavy (non-hydrogen) atoms. The van der Waals surface area contributed by atoms with Crippen LogP contribution in [0, 0.1) is 17.0 Å². The number of ether oxygens (including phenoxy) is 1. The molecule has 1 atom stereocenters. The molecule has 1 amide bonds. The van der Waals surface area contributed by atoms with Crippen LogP contribution < -0.4 is 9.64 Å². The second kappa shape index (κ2) is 13.8. The summed E-state index contributed by atoms with van der Waals surface area (Å²) in [5, 5.41) is 32.3. The molecule has 0 radical (unpaired) electrons. The number of hydrogen-bond acceptors (Lipinski definition) is 10. The van der Waals surface area contributed by atoms with Gasteiger partial charge in [-0.3, -0.25) is 24.6 Å². The third-order valence-corrected chi connectivity index (χ3v) is 9.84. The predicted octanol–water partition coefficient (Wildman–Crippen LogP) is 7.91. The number of aromatic nitrogens is 2. The first kappa shape index (κ1) is 31.9. The van der Waals surface area contributed by atoms with Gasteiger partial charge in [0.05, 0.1) is 16.5 Å². The van der Waals surface area contributed by atoms with E-state index in [0.717, 1.165) is 32.9 Å². The number of ketones is 1. The molecule has 0 aliphatic carbocycles. The highest BCUT2D eigenvalue weighted by molar-refractivity contribution is 8.00. The lowest BCUT2D eigenvalue weighted by Crippen LogP contribution is -2.29. The Balaban J connectivity index is 1.33. The van der Waals surface area contributed by atoms with Gasteiger partial charge in [-0.25, -0.2) is 0 Å². The van der Waals surface area contributed by atoms with Crippen molar-refractivity contribution in [3.05, 3.63) is 146 Å². The number of nitro benzene ring substituents is 1. The van der Waals surface area contributed by atoms with Crippen LogP contribution in [0.5, 0.6) is 5.75 Å². The Labute approximate surface area is 282 Å². The largest absolute Gasteiger partial charge is 0.507 e. The molecule has 13 heteroatoms. The second-order valence-electron chi connectivity index (χ2n) is 10.6. The average Bonchev–Trinajstić information content (AvgIpc) is 3.65. The molecule has 4 aromatic carbocycles. The van der Waals surface area contributed by atoms with Gasteiger partial charge in [0.1, 0.15) is 18.1 Å². The molecule has 0 bridgehead atoms. The van der Waals surface area contributed by atoms with Gasteiger partial charge in [0.2, 0.25) is 5.13 Å². The minimum Gasteiger partial charge on any atom is -0.507 e. The van der Waals surface area contributed by atoms with Crippen LogP contribution in [0.4, 0.5) is 10.8 Å². The normalized spacial score (nSPS) is 15.6. The lowest BCUT2D eigenvalue weighted by Gasteiger charge is -2.22. The zero-order valence-corrected chi connectivity index (χ0v) is 27.1. The van der Waals surface area contributed by atoms with E-state index >= 15 is 0 Å². The van der Waals surface area contributed by atoms with Crippen LogP contribution in [0.1, 0.15) is 33.9 Å². The average molecular weight is 685 g/mol. The highest BCUT2D eigenvalue weighted by Gasteiger charge is 2.48. The van der Waals surface area contributed by atoms with E-state index in [2.05, 4.69) is 10.2 Å². The minimum absolute atomic E-state index is 0.101. The lowest BCUT2D eigenvalue weighted by atomic mass is 9.95.